The summed E-state index contributed by atoms with van der Waals surface area (Å²) in [5, 5.41) is 19.5. The van der Waals surface area contributed by atoms with Crippen molar-refractivity contribution in [3.63, 3.8) is 0 Å². The van der Waals surface area contributed by atoms with Crippen molar-refractivity contribution in [2.45, 2.75) is 20.0 Å². The van der Waals surface area contributed by atoms with Gasteiger partial charge in [0, 0.05) is 12.6 Å². The van der Waals surface area contributed by atoms with Gasteiger partial charge in [-0.15, -0.1) is 5.10 Å². The topological polar surface area (TPSA) is 165 Å². The van der Waals surface area contributed by atoms with Gasteiger partial charge in [0.2, 0.25) is 10.0 Å². The van der Waals surface area contributed by atoms with Crippen LogP contribution in [0.3, 0.4) is 0 Å². The number of nitriles is 1. The lowest BCUT2D eigenvalue weighted by Gasteiger charge is -2.15. The molecule has 0 fully saturated rings. The van der Waals surface area contributed by atoms with E-state index in [1.54, 1.807) is 6.92 Å². The lowest BCUT2D eigenvalue weighted by Crippen LogP contribution is -2.19. The van der Waals surface area contributed by atoms with Gasteiger partial charge in [0.05, 0.1) is 29.5 Å². The van der Waals surface area contributed by atoms with Crippen LogP contribution in [0.4, 0.5) is 20.7 Å². The Hall–Kier alpha value is -4.12. The molecule has 0 spiro atoms. The second kappa shape index (κ2) is 9.17. The minimum atomic E-state index is -3.48. The summed E-state index contributed by atoms with van der Waals surface area (Å²) < 4.78 is 45.4. The van der Waals surface area contributed by atoms with Crippen LogP contribution >= 0.6 is 0 Å². The normalized spacial score (nSPS) is 12.0. The summed E-state index contributed by atoms with van der Waals surface area (Å²) in [7, 11) is -1.95. The number of ether oxygens (including phenoxy) is 1. The van der Waals surface area contributed by atoms with Crippen LogP contribution in [0.15, 0.2) is 24.4 Å². The molecule has 0 bridgehead atoms. The molecule has 0 aliphatic rings. The molecule has 0 unspecified atom stereocenters. The molecule has 2 N–H and O–H groups in total. The van der Waals surface area contributed by atoms with Crippen molar-refractivity contribution in [3.8, 4) is 17.5 Å². The van der Waals surface area contributed by atoms with E-state index in [1.165, 1.54) is 30.8 Å². The summed E-state index contributed by atoms with van der Waals surface area (Å²) in [6.07, 6.45) is 0.0363. The molecule has 3 aromatic rings. The van der Waals surface area contributed by atoms with Crippen LogP contribution in [0.25, 0.3) is 11.4 Å². The number of amides is 1. The number of carbonyl (C=O) groups is 1. The van der Waals surface area contributed by atoms with Gasteiger partial charge >= 0.3 is 6.09 Å². The summed E-state index contributed by atoms with van der Waals surface area (Å²) in [6, 6.07) is 5.92. The Labute approximate surface area is 188 Å². The standard InChI is InChI=1S/C19H19FN8O4S/c1-10-14(26-33(4,30)31)5-6-15(23-10)17-18(28(3)27-25-17)24-19(29)32-11(2)13-7-12(20)9-22-16(13)8-21/h5-7,9,11,26H,1-4H3,(H,24,29)/t11-/m1/s1. The molecule has 0 saturated heterocycles. The van der Waals surface area contributed by atoms with Crippen LogP contribution in [-0.4, -0.2) is 45.7 Å². The third-order valence-electron chi connectivity index (χ3n) is 4.38. The molecule has 0 radical (unpaired) electrons. The van der Waals surface area contributed by atoms with Gasteiger partial charge in [-0.1, -0.05) is 5.21 Å². The highest BCUT2D eigenvalue weighted by Gasteiger charge is 2.22. The van der Waals surface area contributed by atoms with Crippen LogP contribution in [0, 0.1) is 24.1 Å². The predicted octanol–water partition coefficient (Wildman–Crippen LogP) is 2.27. The first-order valence-electron chi connectivity index (χ1n) is 9.37. The molecule has 3 heterocycles. The average Bonchev–Trinajstić information content (AvgIpc) is 3.08. The Morgan fingerprint density at radius 1 is 1.36 bits per heavy atom. The van der Waals surface area contributed by atoms with Crippen LogP contribution in [0.1, 0.15) is 30.0 Å². The molecular formula is C19H19FN8O4S. The number of hydrogen-bond donors (Lipinski definition) is 2. The maximum atomic E-state index is 13.5. The van der Waals surface area contributed by atoms with Gasteiger partial charge in [-0.05, 0) is 32.0 Å². The fourth-order valence-corrected chi connectivity index (χ4v) is 3.49. The maximum Gasteiger partial charge on any atom is 0.413 e. The highest BCUT2D eigenvalue weighted by Crippen LogP contribution is 2.27. The Bertz CT molecular complexity index is 1370. The van der Waals surface area contributed by atoms with Crippen molar-refractivity contribution in [1.29, 1.82) is 5.26 Å². The summed E-state index contributed by atoms with van der Waals surface area (Å²) in [4.78, 5) is 20.5. The van der Waals surface area contributed by atoms with Gasteiger partial charge < -0.3 is 4.74 Å². The smallest absolute Gasteiger partial charge is 0.413 e. The lowest BCUT2D eigenvalue weighted by molar-refractivity contribution is 0.120. The number of hydrogen-bond acceptors (Lipinski definition) is 9. The quantitative estimate of drug-likeness (QED) is 0.545. The number of sulfonamides is 1. The van der Waals surface area contributed by atoms with E-state index in [1.807, 2.05) is 6.07 Å². The molecule has 12 nitrogen and oxygen atoms in total. The van der Waals surface area contributed by atoms with Crippen molar-refractivity contribution in [1.82, 2.24) is 25.0 Å². The van der Waals surface area contributed by atoms with E-state index in [0.29, 0.717) is 17.1 Å². The molecule has 172 valence electrons. The number of aryl methyl sites for hydroxylation is 2. The van der Waals surface area contributed by atoms with Crippen molar-refractivity contribution in [3.05, 3.63) is 47.2 Å². The molecule has 33 heavy (non-hydrogen) atoms. The van der Waals surface area contributed by atoms with Gasteiger partial charge in [-0.2, -0.15) is 5.26 Å². The van der Waals surface area contributed by atoms with Crippen LogP contribution < -0.4 is 10.0 Å². The maximum absolute atomic E-state index is 13.5. The Balaban J connectivity index is 1.82. The molecule has 1 atom stereocenters. The van der Waals surface area contributed by atoms with Crippen LogP contribution in [0.2, 0.25) is 0 Å². The van der Waals surface area contributed by atoms with Crippen LogP contribution in [0.5, 0.6) is 0 Å². The van der Waals surface area contributed by atoms with Crippen molar-refractivity contribution >= 4 is 27.6 Å². The number of nitrogens with zero attached hydrogens (tertiary/aromatic N) is 6. The monoisotopic (exact) mass is 474 g/mol. The molecule has 0 aromatic carbocycles. The summed E-state index contributed by atoms with van der Waals surface area (Å²) in [5.74, 6) is -0.519. The molecular weight excluding hydrogens is 455 g/mol. The number of pyridine rings is 2. The zero-order valence-corrected chi connectivity index (χ0v) is 18.8. The second-order valence-corrected chi connectivity index (χ2v) is 8.74. The minimum absolute atomic E-state index is 0.0675. The molecule has 0 aliphatic heterocycles. The Kier molecular flexibility index (Phi) is 6.54. The first-order valence-corrected chi connectivity index (χ1v) is 11.3. The Morgan fingerprint density at radius 2 is 2.09 bits per heavy atom. The lowest BCUT2D eigenvalue weighted by atomic mass is 10.1. The number of carbonyl (C=O) groups excluding carboxylic acids is 1. The summed E-state index contributed by atoms with van der Waals surface area (Å²) >= 11 is 0. The summed E-state index contributed by atoms with van der Waals surface area (Å²) in [6.45, 7) is 3.08. The van der Waals surface area contributed by atoms with E-state index < -0.39 is 28.0 Å². The van der Waals surface area contributed by atoms with E-state index in [4.69, 9.17) is 10.00 Å². The van der Waals surface area contributed by atoms with Crippen molar-refractivity contribution < 1.29 is 22.3 Å². The molecule has 1 amide bonds. The first kappa shape index (κ1) is 23.5. The average molecular weight is 474 g/mol. The highest BCUT2D eigenvalue weighted by atomic mass is 32.2. The van der Waals surface area contributed by atoms with E-state index >= 15 is 0 Å². The number of halogens is 1. The third-order valence-corrected chi connectivity index (χ3v) is 4.97. The van der Waals surface area contributed by atoms with E-state index in [9.17, 15) is 17.6 Å². The van der Waals surface area contributed by atoms with E-state index in [-0.39, 0.29) is 22.8 Å². The van der Waals surface area contributed by atoms with Gasteiger partial charge in [0.25, 0.3) is 0 Å². The highest BCUT2D eigenvalue weighted by molar-refractivity contribution is 7.92. The molecule has 3 rings (SSSR count). The molecule has 14 heteroatoms. The van der Waals surface area contributed by atoms with Gasteiger partial charge in [-0.25, -0.2) is 32.3 Å². The fourth-order valence-electron chi connectivity index (χ4n) is 2.88. The van der Waals surface area contributed by atoms with Gasteiger partial charge in [-0.3, -0.25) is 10.0 Å². The summed E-state index contributed by atoms with van der Waals surface area (Å²) in [5.41, 5.74) is 1.26. The second-order valence-electron chi connectivity index (χ2n) is 6.99. The van der Waals surface area contributed by atoms with Gasteiger partial charge in [0.15, 0.2) is 11.5 Å². The third kappa shape index (κ3) is 5.57. The van der Waals surface area contributed by atoms with Crippen LogP contribution in [-0.2, 0) is 21.8 Å². The molecule has 0 saturated carbocycles. The van der Waals surface area contributed by atoms with Crippen molar-refractivity contribution in [2.24, 2.45) is 7.05 Å². The zero-order chi connectivity index (χ0) is 24.3. The van der Waals surface area contributed by atoms with Gasteiger partial charge in [0.1, 0.15) is 23.7 Å². The SMILES string of the molecule is Cc1nc(-c2nnn(C)c2NC(=O)O[C@H](C)c2cc(F)cnc2C#N)ccc1NS(C)(=O)=O. The molecule has 0 aliphatic carbocycles. The van der Waals surface area contributed by atoms with Crippen molar-refractivity contribution in [2.75, 3.05) is 16.3 Å². The predicted molar refractivity (Wildman–Crippen MR) is 115 cm³/mol. The van der Waals surface area contributed by atoms with E-state index in [2.05, 4.69) is 30.3 Å². The number of aromatic nitrogens is 5. The number of anilines is 2. The fraction of sp³-hybridized carbons (Fsp3) is 0.263. The zero-order valence-electron chi connectivity index (χ0n) is 18.0. The molecule has 3 aromatic heterocycles. The number of rotatable bonds is 6. The number of nitrogens with one attached hydrogen (secondary N) is 2. The largest absolute Gasteiger partial charge is 0.441 e. The van der Waals surface area contributed by atoms with E-state index in [0.717, 1.165) is 18.5 Å². The first-order chi connectivity index (χ1) is 15.5. The Morgan fingerprint density at radius 3 is 2.73 bits per heavy atom. The minimum Gasteiger partial charge on any atom is -0.441 e.